The molecule has 0 unspecified atom stereocenters. The van der Waals surface area contributed by atoms with E-state index < -0.39 is 10.0 Å². The summed E-state index contributed by atoms with van der Waals surface area (Å²) in [5, 5.41) is 6.79. The molecule has 0 radical (unpaired) electrons. The molecule has 1 N–H and O–H groups in total. The van der Waals surface area contributed by atoms with E-state index in [1.165, 1.54) is 18.3 Å². The van der Waals surface area contributed by atoms with E-state index >= 15 is 0 Å². The molecule has 1 aromatic carbocycles. The van der Waals surface area contributed by atoms with Gasteiger partial charge in [-0.2, -0.15) is 13.5 Å². The summed E-state index contributed by atoms with van der Waals surface area (Å²) in [7, 11) is -1.99. The summed E-state index contributed by atoms with van der Waals surface area (Å²) in [4.78, 5) is 14.3. The van der Waals surface area contributed by atoms with Gasteiger partial charge in [0.15, 0.2) is 0 Å². The van der Waals surface area contributed by atoms with Gasteiger partial charge in [0.2, 0.25) is 0 Å². The van der Waals surface area contributed by atoms with Gasteiger partial charge in [0.05, 0.1) is 16.7 Å². The molecule has 9 heteroatoms. The molecule has 0 aliphatic carbocycles. The standard InChI is InChI=1S/C19H25N5O3S/c1-3-24-14-15(13-20-24)19(25)21-16-8-7-9-17(12-16)28(26,27)22-18-10-5-4-6-11-23(18)2/h7-9,12-14H,3-6,10-11H2,1-2H3,(H,21,25). The molecular weight excluding hydrogens is 378 g/mol. The van der Waals surface area contributed by atoms with Crippen LogP contribution in [0.2, 0.25) is 0 Å². The lowest BCUT2D eigenvalue weighted by atomic mass is 10.2. The minimum atomic E-state index is -3.85. The number of nitrogens with one attached hydrogen (secondary N) is 1. The molecule has 150 valence electrons. The molecule has 2 aromatic rings. The van der Waals surface area contributed by atoms with Crippen molar-refractivity contribution in [3.8, 4) is 0 Å². The number of amidine groups is 1. The molecule has 1 saturated heterocycles. The zero-order valence-electron chi connectivity index (χ0n) is 16.1. The van der Waals surface area contributed by atoms with Crippen molar-refractivity contribution in [2.45, 2.75) is 44.0 Å². The number of hydrogen-bond acceptors (Lipinski definition) is 4. The van der Waals surface area contributed by atoms with E-state index in [0.717, 1.165) is 25.8 Å². The van der Waals surface area contributed by atoms with Gasteiger partial charge in [-0.1, -0.05) is 12.5 Å². The highest BCUT2D eigenvalue weighted by Gasteiger charge is 2.19. The minimum absolute atomic E-state index is 0.0553. The molecule has 2 heterocycles. The number of rotatable bonds is 5. The first kappa shape index (κ1) is 20.1. The highest BCUT2D eigenvalue weighted by molar-refractivity contribution is 7.90. The molecule has 8 nitrogen and oxygen atoms in total. The smallest absolute Gasteiger partial charge is 0.284 e. The average Bonchev–Trinajstić information content (AvgIpc) is 3.08. The normalized spacial score (nSPS) is 16.8. The predicted octanol–water partition coefficient (Wildman–Crippen LogP) is 2.75. The van der Waals surface area contributed by atoms with Crippen LogP contribution in [0, 0.1) is 0 Å². The second-order valence-electron chi connectivity index (χ2n) is 6.78. The van der Waals surface area contributed by atoms with Gasteiger partial charge in [-0.3, -0.25) is 9.48 Å². The lowest BCUT2D eigenvalue weighted by Gasteiger charge is -2.17. The first-order valence-corrected chi connectivity index (χ1v) is 10.8. The Morgan fingerprint density at radius 3 is 2.86 bits per heavy atom. The summed E-state index contributed by atoms with van der Waals surface area (Å²) in [5.74, 6) is 0.239. The van der Waals surface area contributed by atoms with Crippen molar-refractivity contribution < 1.29 is 13.2 Å². The van der Waals surface area contributed by atoms with Crippen LogP contribution in [-0.4, -0.2) is 48.4 Å². The number of aromatic nitrogens is 2. The Kier molecular flexibility index (Phi) is 6.13. The van der Waals surface area contributed by atoms with Gasteiger partial charge in [-0.25, -0.2) is 0 Å². The Hall–Kier alpha value is -2.68. The maximum absolute atomic E-state index is 12.8. The number of sulfonamides is 1. The van der Waals surface area contributed by atoms with Crippen LogP contribution >= 0.6 is 0 Å². The third-order valence-electron chi connectivity index (χ3n) is 4.67. The monoisotopic (exact) mass is 403 g/mol. The number of anilines is 1. The molecule has 3 rings (SSSR count). The fourth-order valence-corrected chi connectivity index (χ4v) is 4.17. The second-order valence-corrected chi connectivity index (χ2v) is 8.39. The van der Waals surface area contributed by atoms with E-state index in [0.29, 0.717) is 30.1 Å². The van der Waals surface area contributed by atoms with Crippen molar-refractivity contribution in [3.63, 3.8) is 0 Å². The number of carbonyl (C=O) groups is 1. The van der Waals surface area contributed by atoms with E-state index in [4.69, 9.17) is 0 Å². The quantitative estimate of drug-likeness (QED) is 0.828. The number of hydrogen-bond donors (Lipinski definition) is 1. The summed E-state index contributed by atoms with van der Waals surface area (Å²) in [6, 6.07) is 6.15. The van der Waals surface area contributed by atoms with Crippen LogP contribution in [0.4, 0.5) is 5.69 Å². The summed E-state index contributed by atoms with van der Waals surface area (Å²) in [6.07, 6.45) is 6.80. The third-order valence-corrected chi connectivity index (χ3v) is 5.97. The largest absolute Gasteiger partial charge is 0.362 e. The molecule has 28 heavy (non-hydrogen) atoms. The summed E-state index contributed by atoms with van der Waals surface area (Å²) < 4.78 is 31.2. The van der Waals surface area contributed by atoms with E-state index in [2.05, 4.69) is 14.8 Å². The molecule has 0 bridgehead atoms. The molecule has 1 aliphatic rings. The van der Waals surface area contributed by atoms with Crippen molar-refractivity contribution in [1.82, 2.24) is 14.7 Å². The molecule has 1 fully saturated rings. The highest BCUT2D eigenvalue weighted by atomic mass is 32.2. The van der Waals surface area contributed by atoms with Crippen LogP contribution in [0.1, 0.15) is 43.0 Å². The number of benzene rings is 1. The second kappa shape index (κ2) is 8.55. The first-order chi connectivity index (χ1) is 13.4. The Morgan fingerprint density at radius 1 is 1.29 bits per heavy atom. The third kappa shape index (κ3) is 4.78. The number of likely N-dealkylation sites (tertiary alicyclic amines) is 1. The average molecular weight is 404 g/mol. The fourth-order valence-electron chi connectivity index (χ4n) is 3.03. The molecule has 1 amide bonds. The SMILES string of the molecule is CCn1cc(C(=O)Nc2cccc(S(=O)(=O)N=C3CCCCCN3C)c2)cn1. The molecule has 0 saturated carbocycles. The van der Waals surface area contributed by atoms with Crippen molar-refractivity contribution in [2.24, 2.45) is 4.40 Å². The van der Waals surface area contributed by atoms with E-state index in [1.54, 1.807) is 23.0 Å². The van der Waals surface area contributed by atoms with Crippen molar-refractivity contribution in [1.29, 1.82) is 0 Å². The summed E-state index contributed by atoms with van der Waals surface area (Å²) >= 11 is 0. The van der Waals surface area contributed by atoms with Crippen molar-refractivity contribution in [2.75, 3.05) is 18.9 Å². The fraction of sp³-hybridized carbons (Fsp3) is 0.421. The van der Waals surface area contributed by atoms with Crippen LogP contribution in [-0.2, 0) is 16.6 Å². The zero-order valence-corrected chi connectivity index (χ0v) is 16.9. The molecule has 0 atom stereocenters. The Labute approximate surface area is 165 Å². The minimum Gasteiger partial charge on any atom is -0.362 e. The van der Waals surface area contributed by atoms with E-state index in [1.807, 2.05) is 18.9 Å². The molecule has 1 aromatic heterocycles. The van der Waals surface area contributed by atoms with Crippen LogP contribution in [0.3, 0.4) is 0 Å². The predicted molar refractivity (Wildman–Crippen MR) is 108 cm³/mol. The lowest BCUT2D eigenvalue weighted by molar-refractivity contribution is 0.102. The van der Waals surface area contributed by atoms with Gasteiger partial charge in [0.1, 0.15) is 5.84 Å². The van der Waals surface area contributed by atoms with Crippen LogP contribution in [0.25, 0.3) is 0 Å². The van der Waals surface area contributed by atoms with Gasteiger partial charge in [-0.15, -0.1) is 4.40 Å². The van der Waals surface area contributed by atoms with E-state index in [-0.39, 0.29) is 10.8 Å². The zero-order chi connectivity index (χ0) is 20.1. The first-order valence-electron chi connectivity index (χ1n) is 9.38. The van der Waals surface area contributed by atoms with Crippen molar-refractivity contribution >= 4 is 27.5 Å². The van der Waals surface area contributed by atoms with E-state index in [9.17, 15) is 13.2 Å². The number of amides is 1. The van der Waals surface area contributed by atoms with Crippen LogP contribution < -0.4 is 5.32 Å². The molecular formula is C19H25N5O3S. The van der Waals surface area contributed by atoms with Crippen LogP contribution in [0.5, 0.6) is 0 Å². The van der Waals surface area contributed by atoms with Gasteiger partial charge in [0, 0.05) is 38.4 Å². The lowest BCUT2D eigenvalue weighted by Crippen LogP contribution is -2.26. The summed E-state index contributed by atoms with van der Waals surface area (Å²) in [5.41, 5.74) is 0.806. The van der Waals surface area contributed by atoms with Gasteiger partial charge < -0.3 is 10.2 Å². The Morgan fingerprint density at radius 2 is 2.11 bits per heavy atom. The van der Waals surface area contributed by atoms with Gasteiger partial charge in [-0.05, 0) is 38.0 Å². The van der Waals surface area contributed by atoms with Gasteiger partial charge in [0.25, 0.3) is 15.9 Å². The van der Waals surface area contributed by atoms with Crippen LogP contribution in [0.15, 0.2) is 46.0 Å². The topological polar surface area (TPSA) is 96.7 Å². The summed E-state index contributed by atoms with van der Waals surface area (Å²) in [6.45, 7) is 3.39. The van der Waals surface area contributed by atoms with Gasteiger partial charge >= 0.3 is 0 Å². The number of nitrogens with zero attached hydrogens (tertiary/aromatic N) is 4. The number of carbonyl (C=O) groups excluding carboxylic acids is 1. The van der Waals surface area contributed by atoms with Crippen molar-refractivity contribution in [3.05, 3.63) is 42.2 Å². The maximum atomic E-state index is 12.8. The Balaban J connectivity index is 1.80. The Bertz CT molecular complexity index is 981. The number of aryl methyl sites for hydroxylation is 1. The molecule has 1 aliphatic heterocycles. The highest BCUT2D eigenvalue weighted by Crippen LogP contribution is 2.20. The molecule has 0 spiro atoms. The maximum Gasteiger partial charge on any atom is 0.284 e.